The minimum atomic E-state index is -6.23. The number of hydrogen-bond donors (Lipinski definition) is 11. The van der Waals surface area contributed by atoms with Crippen LogP contribution in [0.2, 0.25) is 0 Å². The van der Waals surface area contributed by atoms with Crippen molar-refractivity contribution in [1.82, 2.24) is 48.5 Å². The third-order valence-corrected chi connectivity index (χ3v) is 17.5. The van der Waals surface area contributed by atoms with Crippen LogP contribution in [-0.2, 0) is 75.8 Å². The highest BCUT2D eigenvalue weighted by Crippen LogP contribution is 2.68. The van der Waals surface area contributed by atoms with Crippen molar-refractivity contribution in [1.29, 1.82) is 0 Å². The van der Waals surface area contributed by atoms with Gasteiger partial charge in [0.1, 0.15) is 54.6 Å². The lowest BCUT2D eigenvalue weighted by molar-refractivity contribution is -0.745. The number of carbonyl (C=O) groups excluding carboxylic acids is 1. The number of phosphoric acid groups is 4. The average molecular weight is 1190 g/mol. The van der Waals surface area contributed by atoms with Crippen LogP contribution in [0.5, 0.6) is 0 Å². The van der Waals surface area contributed by atoms with E-state index in [2.05, 4.69) is 38.9 Å². The number of H-pyrrole nitrogens is 2. The average Bonchev–Trinajstić information content (AvgIpc) is 4.18. The number of aliphatic hydroxyl groups is 3. The number of ether oxygens (including phenoxy) is 4. The molecule has 3 aliphatic heterocycles. The summed E-state index contributed by atoms with van der Waals surface area (Å²) in [5, 5.41) is 35.6. The Morgan fingerprint density at radius 3 is 2.12 bits per heavy atom. The molecule has 78 heavy (non-hydrogen) atoms. The number of hydrogen-bond acceptors (Lipinski definition) is 27. The molecule has 0 aromatic carbocycles. The van der Waals surface area contributed by atoms with E-state index in [0.717, 1.165) is 30.3 Å². The van der Waals surface area contributed by atoms with Crippen LogP contribution in [-0.4, -0.2) is 186 Å². The highest BCUT2D eigenvalue weighted by Gasteiger charge is 2.54. The Morgan fingerprint density at radius 2 is 1.47 bits per heavy atom. The van der Waals surface area contributed by atoms with E-state index in [-0.39, 0.29) is 34.1 Å². The maximum Gasteiger partial charge on any atom is 0.490 e. The second-order valence-electron chi connectivity index (χ2n) is 17.6. The minimum absolute atomic E-state index is 0.00817. The maximum atomic E-state index is 13.7. The van der Waals surface area contributed by atoms with E-state index in [4.69, 9.17) is 42.8 Å². The largest absolute Gasteiger partial charge is 0.490 e. The number of aryl methyl sites for hydroxylation is 1. The van der Waals surface area contributed by atoms with Gasteiger partial charge in [-0.2, -0.15) is 8.62 Å². The molecule has 3 aliphatic rings. The van der Waals surface area contributed by atoms with Crippen LogP contribution in [0.1, 0.15) is 25.1 Å². The molecule has 0 spiro atoms. The van der Waals surface area contributed by atoms with E-state index in [1.54, 1.807) is 0 Å². The van der Waals surface area contributed by atoms with Gasteiger partial charge >= 0.3 is 42.6 Å². The zero-order chi connectivity index (χ0) is 57.0. The quantitative estimate of drug-likeness (QED) is 0.0235. The molecule has 12 N–H and O–H groups in total. The number of carbonyl (C=O) groups is 1. The monoisotopic (exact) mass is 1190 g/mol. The SMILES string of the molecule is CNc1ncnc2c1ncn2[C@@H]1O[C@H](COP(=O)(O)OP(=O)(O)OP(=O)(O)OC[C@H]2OC([n+]3cn(C)c4c(=O)[nH]c(N)nc43)[C@H](O)[C@@H]2CC(=O)N(C)C)[C@@H](OP(=O)(O)OC[C@H]2O[C@@H](n3ccc(=O)[nH]c3=O)[C@H](O)[C@@H]2O)[C@H]1OC. The van der Waals surface area contributed by atoms with Gasteiger partial charge in [-0.15, -0.1) is 0 Å². The fourth-order valence-corrected chi connectivity index (χ4v) is 13.2. The molecular formula is C36H52N13O25P4+. The summed E-state index contributed by atoms with van der Waals surface area (Å²) in [7, 11) is -16.6. The van der Waals surface area contributed by atoms with Crippen molar-refractivity contribution in [2.24, 2.45) is 13.0 Å². The van der Waals surface area contributed by atoms with E-state index in [1.165, 1.54) is 59.4 Å². The van der Waals surface area contributed by atoms with Gasteiger partial charge in [0, 0.05) is 52.9 Å². The van der Waals surface area contributed by atoms with E-state index in [9.17, 15) is 72.3 Å². The van der Waals surface area contributed by atoms with Gasteiger partial charge in [0.05, 0.1) is 39.3 Å². The smallest absolute Gasteiger partial charge is 0.387 e. The number of imidazole rings is 2. The molecule has 0 bridgehead atoms. The lowest BCUT2D eigenvalue weighted by atomic mass is 9.94. The number of methoxy groups -OCH3 is 1. The van der Waals surface area contributed by atoms with Gasteiger partial charge in [0.25, 0.3) is 17.1 Å². The van der Waals surface area contributed by atoms with Gasteiger partial charge < -0.3 is 69.8 Å². The topological polar surface area (TPSA) is 514 Å². The molecule has 0 aliphatic carbocycles. The molecule has 5 aromatic rings. The summed E-state index contributed by atoms with van der Waals surface area (Å²) in [6.07, 6.45) is -14.1. The third kappa shape index (κ3) is 12.6. The van der Waals surface area contributed by atoms with Crippen molar-refractivity contribution in [2.45, 2.75) is 73.9 Å². The molecule has 42 heteroatoms. The van der Waals surface area contributed by atoms with Crippen molar-refractivity contribution in [3.8, 4) is 0 Å². The molecule has 1 amide bonds. The van der Waals surface area contributed by atoms with Crippen molar-refractivity contribution < 1.29 is 108 Å². The molecule has 5 unspecified atom stereocenters. The van der Waals surface area contributed by atoms with Crippen LogP contribution in [0, 0.1) is 5.92 Å². The van der Waals surface area contributed by atoms with Crippen molar-refractivity contribution in [2.75, 3.05) is 59.1 Å². The number of rotatable bonds is 22. The molecule has 3 fully saturated rings. The molecule has 430 valence electrons. The third-order valence-electron chi connectivity index (χ3n) is 12.3. The van der Waals surface area contributed by atoms with Gasteiger partial charge in [-0.25, -0.2) is 42.6 Å². The number of aliphatic hydroxyl groups excluding tert-OH is 3. The van der Waals surface area contributed by atoms with E-state index < -0.39 is 154 Å². The summed E-state index contributed by atoms with van der Waals surface area (Å²) in [6, 6.07) is 0.925. The van der Waals surface area contributed by atoms with Crippen LogP contribution in [0.4, 0.5) is 11.8 Å². The summed E-state index contributed by atoms with van der Waals surface area (Å²) < 4.78 is 110. The van der Waals surface area contributed by atoms with Crippen molar-refractivity contribution in [3.63, 3.8) is 0 Å². The number of nitrogens with one attached hydrogen (secondary N) is 3. The number of aromatic amines is 2. The maximum absolute atomic E-state index is 13.7. The van der Waals surface area contributed by atoms with Gasteiger partial charge in [-0.3, -0.25) is 56.1 Å². The van der Waals surface area contributed by atoms with Crippen LogP contribution < -0.4 is 32.4 Å². The molecule has 3 saturated heterocycles. The molecule has 0 saturated carbocycles. The Morgan fingerprint density at radius 1 is 0.833 bits per heavy atom. The molecule has 38 nitrogen and oxygen atoms in total. The fraction of sp³-hybridized carbons (Fsp3) is 0.583. The summed E-state index contributed by atoms with van der Waals surface area (Å²) in [4.78, 5) is 114. The Labute approximate surface area is 435 Å². The van der Waals surface area contributed by atoms with Crippen LogP contribution in [0.15, 0.2) is 45.6 Å². The second kappa shape index (κ2) is 22.8. The lowest BCUT2D eigenvalue weighted by Crippen LogP contribution is -2.45. The molecule has 8 heterocycles. The number of anilines is 2. The number of nitrogens with two attached hydrogens (primary N) is 1. The number of fused-ring (bicyclic) bond motifs is 2. The molecule has 0 radical (unpaired) electrons. The zero-order valence-electron chi connectivity index (χ0n) is 41.0. The summed E-state index contributed by atoms with van der Waals surface area (Å²) in [6.45, 7) is -3.34. The predicted octanol–water partition coefficient (Wildman–Crippen LogP) is -3.68. The van der Waals surface area contributed by atoms with Crippen LogP contribution >= 0.6 is 31.3 Å². The second-order valence-corrected chi connectivity index (χ2v) is 23.6. The highest BCUT2D eigenvalue weighted by atomic mass is 31.3. The number of nitrogen functional groups attached to an aromatic ring is 1. The molecule has 8 rings (SSSR count). The molecule has 5 aromatic heterocycles. The summed E-state index contributed by atoms with van der Waals surface area (Å²) in [5.74, 6) is -1.85. The van der Waals surface area contributed by atoms with Gasteiger partial charge in [-0.1, -0.05) is 4.98 Å². The Balaban J connectivity index is 0.958. The highest BCUT2D eigenvalue weighted by molar-refractivity contribution is 7.66. The van der Waals surface area contributed by atoms with Crippen LogP contribution in [0.3, 0.4) is 0 Å². The molecule has 16 atom stereocenters. The fourth-order valence-electron chi connectivity index (χ4n) is 8.68. The molecular weight excluding hydrogens is 1140 g/mol. The van der Waals surface area contributed by atoms with Crippen LogP contribution in [0.25, 0.3) is 22.3 Å². The first-order valence-corrected chi connectivity index (χ1v) is 28.5. The van der Waals surface area contributed by atoms with E-state index >= 15 is 0 Å². The first-order valence-electron chi connectivity index (χ1n) is 22.5. The van der Waals surface area contributed by atoms with E-state index in [0.29, 0.717) is 0 Å². The predicted molar refractivity (Wildman–Crippen MR) is 254 cm³/mol. The Bertz CT molecular complexity index is 3430. The van der Waals surface area contributed by atoms with Gasteiger partial charge in [0.15, 0.2) is 30.2 Å². The normalized spacial score (nSPS) is 29.5. The zero-order valence-corrected chi connectivity index (χ0v) is 44.6. The standard InChI is InChI=1S/C36H51N13O25P4/c1-38-28-21-29(40-12-39-28)48(13-41-21)34-27(65-5)26(72-75(57,58)66-10-17-24(53)25(54)33(70-17)47-7-6-19(50)42-36(47)56)18(71-34)11-68-77(61,62)74-78(63,64)73-76(59,60)67-9-16-15(8-20(51)45(2)3)23(52)32(69-16)49-14-46(4)22-30(49)43-35(37)44-31(22)55/h6-7,12-18,23-27,32-34,52-54H,8-11H2,1-5H3,(H8-,37,38,39,40,42,43,44,50,55,56,57,58,59,60,61,62,63,64)/p+1/t15-,16-,17-,18-,23-,24-,25-,26-,27-,32?,33-,34-/m1/s1. The number of amides is 1. The lowest BCUT2D eigenvalue weighted by Gasteiger charge is -2.26. The van der Waals surface area contributed by atoms with Crippen molar-refractivity contribution >= 4 is 71.3 Å². The number of nitrogens with zero attached hydrogens (tertiary/aromatic N) is 9. The summed E-state index contributed by atoms with van der Waals surface area (Å²) in [5.41, 5.74) is 3.46. The summed E-state index contributed by atoms with van der Waals surface area (Å²) >= 11 is 0. The Hall–Kier alpha value is -5.11. The first-order chi connectivity index (χ1) is 36.5. The van der Waals surface area contributed by atoms with E-state index in [1.807, 2.05) is 4.98 Å². The van der Waals surface area contributed by atoms with Gasteiger partial charge in [-0.05, 0) is 0 Å². The van der Waals surface area contributed by atoms with Crippen molar-refractivity contribution in [3.05, 3.63) is 62.4 Å². The van der Waals surface area contributed by atoms with Gasteiger partial charge in [0.2, 0.25) is 17.7 Å². The number of phosphoric ester groups is 3. The Kier molecular flexibility index (Phi) is 17.2. The number of aromatic nitrogens is 10. The first kappa shape index (κ1) is 59.0. The minimum Gasteiger partial charge on any atom is -0.387 e.